The second-order valence-electron chi connectivity index (χ2n) is 5.18. The van der Waals surface area contributed by atoms with Crippen LogP contribution >= 0.6 is 0 Å². The molecule has 0 aliphatic carbocycles. The van der Waals surface area contributed by atoms with Gasteiger partial charge in [0.25, 0.3) is 5.91 Å². The minimum atomic E-state index is -0.765. The summed E-state index contributed by atoms with van der Waals surface area (Å²) in [6, 6.07) is 8.42. The number of nitrogens with two attached hydrogens (primary N) is 1. The molecule has 1 aromatic heterocycles. The number of rotatable bonds is 2. The van der Waals surface area contributed by atoms with E-state index in [1.807, 2.05) is 24.3 Å². The molecule has 1 aromatic carbocycles. The maximum absolute atomic E-state index is 12.5. The van der Waals surface area contributed by atoms with Gasteiger partial charge in [0, 0.05) is 24.5 Å². The Labute approximate surface area is 121 Å². The van der Waals surface area contributed by atoms with Crippen LogP contribution in [0.4, 0.5) is 0 Å². The molecule has 0 radical (unpaired) electrons. The molecule has 108 valence electrons. The number of pyridine rings is 1. The normalized spacial score (nSPS) is 21.7. The molecule has 2 atom stereocenters. The summed E-state index contributed by atoms with van der Waals surface area (Å²) in [5.41, 5.74) is 6.47. The molecule has 2 heterocycles. The lowest BCUT2D eigenvalue weighted by molar-refractivity contribution is -0.121. The third kappa shape index (κ3) is 2.45. The number of hydrogen-bond acceptors (Lipinski definition) is 4. The minimum Gasteiger partial charge on any atom is -0.391 e. The number of aliphatic hydroxyl groups excluding tert-OH is 1. The molecule has 3 rings (SSSR count). The molecule has 0 unspecified atom stereocenters. The number of β-amino-alcohol motifs (C(OH)–C–C–N with tert-alkyl or cyclic N) is 1. The molecule has 1 fully saturated rings. The second kappa shape index (κ2) is 5.14. The van der Waals surface area contributed by atoms with Crippen molar-refractivity contribution in [1.29, 1.82) is 0 Å². The van der Waals surface area contributed by atoms with Crippen LogP contribution in [0.5, 0.6) is 0 Å². The number of aromatic nitrogens is 1. The number of likely N-dealkylation sites (tertiary alicyclic amines) is 1. The first kappa shape index (κ1) is 13.5. The van der Waals surface area contributed by atoms with Crippen LogP contribution in [0.2, 0.25) is 0 Å². The Morgan fingerprint density at radius 2 is 2.10 bits per heavy atom. The molecule has 21 heavy (non-hydrogen) atoms. The Hall–Kier alpha value is -2.47. The number of benzene rings is 1. The zero-order valence-corrected chi connectivity index (χ0v) is 11.3. The van der Waals surface area contributed by atoms with Crippen molar-refractivity contribution in [2.24, 2.45) is 5.73 Å². The monoisotopic (exact) mass is 285 g/mol. The molecule has 1 aliphatic rings. The van der Waals surface area contributed by atoms with Crippen LogP contribution in [0.15, 0.2) is 36.5 Å². The molecule has 6 heteroatoms. The van der Waals surface area contributed by atoms with Gasteiger partial charge in [-0.15, -0.1) is 0 Å². The summed E-state index contributed by atoms with van der Waals surface area (Å²) in [5, 5.41) is 10.5. The van der Waals surface area contributed by atoms with Crippen molar-refractivity contribution >= 4 is 22.7 Å². The Morgan fingerprint density at radius 3 is 2.86 bits per heavy atom. The van der Waals surface area contributed by atoms with Crippen LogP contribution in [0, 0.1) is 0 Å². The summed E-state index contributed by atoms with van der Waals surface area (Å²) in [6.45, 7) is 0.110. The van der Waals surface area contributed by atoms with Gasteiger partial charge in [-0.1, -0.05) is 18.2 Å². The van der Waals surface area contributed by atoms with Gasteiger partial charge in [0.15, 0.2) is 0 Å². The van der Waals surface area contributed by atoms with Crippen LogP contribution in [0.1, 0.15) is 16.8 Å². The van der Waals surface area contributed by atoms with Crippen molar-refractivity contribution in [2.75, 3.05) is 6.54 Å². The van der Waals surface area contributed by atoms with Gasteiger partial charge >= 0.3 is 0 Å². The lowest BCUT2D eigenvalue weighted by Gasteiger charge is -2.21. The Balaban J connectivity index is 1.94. The zero-order valence-electron chi connectivity index (χ0n) is 11.3. The first-order valence-corrected chi connectivity index (χ1v) is 6.69. The second-order valence-corrected chi connectivity index (χ2v) is 5.18. The molecule has 0 spiro atoms. The van der Waals surface area contributed by atoms with Gasteiger partial charge in [-0.05, 0) is 12.1 Å². The highest BCUT2D eigenvalue weighted by Crippen LogP contribution is 2.21. The predicted molar refractivity (Wildman–Crippen MR) is 76.4 cm³/mol. The van der Waals surface area contributed by atoms with E-state index in [9.17, 15) is 14.7 Å². The van der Waals surface area contributed by atoms with E-state index in [0.717, 1.165) is 10.9 Å². The van der Waals surface area contributed by atoms with E-state index in [2.05, 4.69) is 4.98 Å². The highest BCUT2D eigenvalue weighted by molar-refractivity contribution is 5.99. The highest BCUT2D eigenvalue weighted by atomic mass is 16.3. The highest BCUT2D eigenvalue weighted by Gasteiger charge is 2.38. The van der Waals surface area contributed by atoms with E-state index in [1.165, 1.54) is 11.1 Å². The number of amides is 2. The van der Waals surface area contributed by atoms with Crippen molar-refractivity contribution in [2.45, 2.75) is 18.6 Å². The molecule has 2 aromatic rings. The number of carbonyl (C=O) groups excluding carboxylic acids is 2. The van der Waals surface area contributed by atoms with Crippen molar-refractivity contribution in [1.82, 2.24) is 9.88 Å². The number of carbonyl (C=O) groups is 2. The van der Waals surface area contributed by atoms with Crippen LogP contribution in [-0.2, 0) is 4.79 Å². The Kier molecular flexibility index (Phi) is 3.31. The van der Waals surface area contributed by atoms with Gasteiger partial charge in [-0.2, -0.15) is 0 Å². The molecule has 0 saturated carbocycles. The number of para-hydroxylation sites is 1. The van der Waals surface area contributed by atoms with Crippen LogP contribution < -0.4 is 5.73 Å². The van der Waals surface area contributed by atoms with E-state index in [0.29, 0.717) is 5.56 Å². The lowest BCUT2D eigenvalue weighted by Crippen LogP contribution is -2.43. The SMILES string of the molecule is NC(=O)[C@@H]1C[C@H](O)CN1C(=O)c1cnc2ccccc2c1. The van der Waals surface area contributed by atoms with Gasteiger partial charge in [0.1, 0.15) is 6.04 Å². The maximum Gasteiger partial charge on any atom is 0.256 e. The van der Waals surface area contributed by atoms with Gasteiger partial charge in [0.05, 0.1) is 17.2 Å². The smallest absolute Gasteiger partial charge is 0.256 e. The first-order valence-electron chi connectivity index (χ1n) is 6.69. The lowest BCUT2D eigenvalue weighted by atomic mass is 10.1. The number of hydrogen-bond donors (Lipinski definition) is 2. The molecule has 0 bridgehead atoms. The van der Waals surface area contributed by atoms with Crippen LogP contribution in [-0.4, -0.2) is 45.5 Å². The van der Waals surface area contributed by atoms with Crippen molar-refractivity contribution in [3.8, 4) is 0 Å². The van der Waals surface area contributed by atoms with Crippen molar-refractivity contribution < 1.29 is 14.7 Å². The first-order chi connectivity index (χ1) is 10.1. The summed E-state index contributed by atoms with van der Waals surface area (Å²) in [6.07, 6.45) is 0.940. The average Bonchev–Trinajstić information content (AvgIpc) is 2.88. The third-order valence-corrected chi connectivity index (χ3v) is 3.71. The summed E-state index contributed by atoms with van der Waals surface area (Å²) in [7, 11) is 0. The van der Waals surface area contributed by atoms with E-state index in [4.69, 9.17) is 5.73 Å². The van der Waals surface area contributed by atoms with Crippen molar-refractivity contribution in [3.05, 3.63) is 42.1 Å². The van der Waals surface area contributed by atoms with Gasteiger partial charge in [0.2, 0.25) is 5.91 Å². The number of aliphatic hydroxyl groups is 1. The fourth-order valence-electron chi connectivity index (χ4n) is 2.66. The fraction of sp³-hybridized carbons (Fsp3) is 0.267. The summed E-state index contributed by atoms with van der Waals surface area (Å²) < 4.78 is 0. The average molecular weight is 285 g/mol. The maximum atomic E-state index is 12.5. The predicted octanol–water partition coefficient (Wildman–Crippen LogP) is 0.296. The fourth-order valence-corrected chi connectivity index (χ4v) is 2.66. The van der Waals surface area contributed by atoms with E-state index >= 15 is 0 Å². The molecular weight excluding hydrogens is 270 g/mol. The number of fused-ring (bicyclic) bond motifs is 1. The summed E-state index contributed by atoms with van der Waals surface area (Å²) in [5.74, 6) is -0.942. The van der Waals surface area contributed by atoms with Gasteiger partial charge in [-0.3, -0.25) is 14.6 Å². The van der Waals surface area contributed by atoms with E-state index in [1.54, 1.807) is 6.07 Å². The molecule has 2 amide bonds. The molecule has 1 aliphatic heterocycles. The Morgan fingerprint density at radius 1 is 1.33 bits per heavy atom. The van der Waals surface area contributed by atoms with E-state index < -0.39 is 18.1 Å². The molecule has 6 nitrogen and oxygen atoms in total. The minimum absolute atomic E-state index is 0.110. The van der Waals surface area contributed by atoms with Crippen LogP contribution in [0.25, 0.3) is 10.9 Å². The molecular formula is C15H15N3O3. The van der Waals surface area contributed by atoms with Gasteiger partial charge < -0.3 is 15.7 Å². The zero-order chi connectivity index (χ0) is 15.0. The molecule has 1 saturated heterocycles. The quantitative estimate of drug-likeness (QED) is 0.829. The number of primary amides is 1. The topological polar surface area (TPSA) is 96.5 Å². The largest absolute Gasteiger partial charge is 0.391 e. The standard InChI is InChI=1S/C15H15N3O3/c16-14(20)13-6-11(19)8-18(13)15(21)10-5-9-3-1-2-4-12(9)17-7-10/h1-5,7,11,13,19H,6,8H2,(H2,16,20)/t11-,13-/m0/s1. The summed E-state index contributed by atoms with van der Waals surface area (Å²) >= 11 is 0. The Bertz CT molecular complexity index is 716. The van der Waals surface area contributed by atoms with Crippen LogP contribution in [0.3, 0.4) is 0 Å². The summed E-state index contributed by atoms with van der Waals surface area (Å²) in [4.78, 5) is 29.5. The third-order valence-electron chi connectivity index (χ3n) is 3.71. The van der Waals surface area contributed by atoms with E-state index in [-0.39, 0.29) is 18.9 Å². The van der Waals surface area contributed by atoms with Crippen molar-refractivity contribution in [3.63, 3.8) is 0 Å². The number of nitrogens with zero attached hydrogens (tertiary/aromatic N) is 2. The van der Waals surface area contributed by atoms with Gasteiger partial charge in [-0.25, -0.2) is 0 Å². The molecule has 3 N–H and O–H groups in total.